The zero-order valence-electron chi connectivity index (χ0n) is 18.5. The molecule has 1 heterocycles. The van der Waals surface area contributed by atoms with Crippen LogP contribution in [0.1, 0.15) is 54.6 Å². The van der Waals surface area contributed by atoms with Crippen LogP contribution in [-0.2, 0) is 19.5 Å². The van der Waals surface area contributed by atoms with Crippen LogP contribution in [-0.4, -0.2) is 22.9 Å². The molecule has 1 amide bonds. The number of halogens is 1. The number of hydrogen-bond donors (Lipinski definition) is 1. The maximum absolute atomic E-state index is 13.5. The van der Waals surface area contributed by atoms with Gasteiger partial charge in [0.05, 0.1) is 6.54 Å². The molecule has 1 N–H and O–H groups in total. The van der Waals surface area contributed by atoms with E-state index in [1.54, 1.807) is 18.2 Å². The number of amides is 1. The molecule has 0 radical (unpaired) electrons. The summed E-state index contributed by atoms with van der Waals surface area (Å²) in [7, 11) is 0. The molecule has 4 nitrogen and oxygen atoms in total. The molecule has 0 fully saturated rings. The minimum absolute atomic E-state index is 0.0430. The SMILES string of the molecule is CC(C)N(Cc1cccc(F)c1)Cc1ccc(C(=O)N[C@H](C)CCc2ccccc2)o1. The summed E-state index contributed by atoms with van der Waals surface area (Å²) in [6.07, 6.45) is 1.77. The summed E-state index contributed by atoms with van der Waals surface area (Å²) in [5, 5.41) is 3.01. The van der Waals surface area contributed by atoms with Crippen molar-refractivity contribution in [3.8, 4) is 0 Å². The first kappa shape index (κ1) is 22.8. The van der Waals surface area contributed by atoms with Crippen LogP contribution in [0.3, 0.4) is 0 Å². The molecule has 3 rings (SSSR count). The second-order valence-corrected chi connectivity index (χ2v) is 8.29. The summed E-state index contributed by atoms with van der Waals surface area (Å²) in [6.45, 7) is 7.33. The van der Waals surface area contributed by atoms with Crippen molar-refractivity contribution in [1.82, 2.24) is 10.2 Å². The van der Waals surface area contributed by atoms with Gasteiger partial charge in [-0.05, 0) is 69.0 Å². The predicted octanol–water partition coefficient (Wildman–Crippen LogP) is 5.58. The minimum atomic E-state index is -0.237. The van der Waals surface area contributed by atoms with Gasteiger partial charge in [-0.3, -0.25) is 9.69 Å². The zero-order chi connectivity index (χ0) is 22.2. The lowest BCUT2D eigenvalue weighted by Crippen LogP contribution is -2.32. The first-order valence-corrected chi connectivity index (χ1v) is 10.8. The molecule has 5 heteroatoms. The molecule has 1 aromatic heterocycles. The average Bonchev–Trinajstić information content (AvgIpc) is 3.21. The minimum Gasteiger partial charge on any atom is -0.455 e. The van der Waals surface area contributed by atoms with Gasteiger partial charge in [-0.1, -0.05) is 42.5 Å². The van der Waals surface area contributed by atoms with E-state index < -0.39 is 0 Å². The number of aryl methyl sites for hydroxylation is 1. The fraction of sp³-hybridized carbons (Fsp3) is 0.346. The molecule has 2 aromatic carbocycles. The van der Waals surface area contributed by atoms with Crippen LogP contribution in [0.5, 0.6) is 0 Å². The van der Waals surface area contributed by atoms with E-state index in [9.17, 15) is 9.18 Å². The highest BCUT2D eigenvalue weighted by atomic mass is 19.1. The second-order valence-electron chi connectivity index (χ2n) is 8.29. The molecule has 0 aliphatic heterocycles. The Balaban J connectivity index is 1.54. The molecule has 31 heavy (non-hydrogen) atoms. The van der Waals surface area contributed by atoms with Gasteiger partial charge in [0.1, 0.15) is 11.6 Å². The van der Waals surface area contributed by atoms with Crippen LogP contribution >= 0.6 is 0 Å². The lowest BCUT2D eigenvalue weighted by Gasteiger charge is -2.25. The van der Waals surface area contributed by atoms with Gasteiger partial charge >= 0.3 is 0 Å². The maximum atomic E-state index is 13.5. The predicted molar refractivity (Wildman–Crippen MR) is 121 cm³/mol. The molecule has 0 aliphatic carbocycles. The monoisotopic (exact) mass is 422 g/mol. The summed E-state index contributed by atoms with van der Waals surface area (Å²) < 4.78 is 19.3. The van der Waals surface area contributed by atoms with E-state index in [1.165, 1.54) is 11.6 Å². The third-order valence-electron chi connectivity index (χ3n) is 5.34. The second kappa shape index (κ2) is 10.9. The fourth-order valence-electron chi connectivity index (χ4n) is 3.47. The van der Waals surface area contributed by atoms with E-state index in [2.05, 4.69) is 36.2 Å². The van der Waals surface area contributed by atoms with Gasteiger partial charge in [0.2, 0.25) is 0 Å². The average molecular weight is 423 g/mol. The first-order valence-electron chi connectivity index (χ1n) is 10.8. The smallest absolute Gasteiger partial charge is 0.287 e. The fourth-order valence-corrected chi connectivity index (χ4v) is 3.47. The van der Waals surface area contributed by atoms with Crippen molar-refractivity contribution in [2.75, 3.05) is 0 Å². The number of furan rings is 1. The standard InChI is InChI=1S/C26H31FN2O2/c1-19(2)29(17-22-10-7-11-23(27)16-22)18-24-14-15-25(31-24)26(30)28-20(3)12-13-21-8-5-4-6-9-21/h4-11,14-16,19-20H,12-13,17-18H2,1-3H3,(H,28,30)/t20-/m1/s1. The molecular weight excluding hydrogens is 391 g/mol. The summed E-state index contributed by atoms with van der Waals surface area (Å²) in [5.41, 5.74) is 2.17. The Bertz CT molecular complexity index is 968. The van der Waals surface area contributed by atoms with Gasteiger partial charge < -0.3 is 9.73 Å². The summed E-state index contributed by atoms with van der Waals surface area (Å²) in [6, 6.07) is 20.7. The Hall–Kier alpha value is -2.92. The van der Waals surface area contributed by atoms with E-state index in [0.717, 1.165) is 18.4 Å². The van der Waals surface area contributed by atoms with Crippen molar-refractivity contribution in [1.29, 1.82) is 0 Å². The maximum Gasteiger partial charge on any atom is 0.287 e. The van der Waals surface area contributed by atoms with Crippen molar-refractivity contribution >= 4 is 5.91 Å². The molecule has 1 atom stereocenters. The number of nitrogens with one attached hydrogen (secondary N) is 1. The van der Waals surface area contributed by atoms with Crippen LogP contribution < -0.4 is 5.32 Å². The Morgan fingerprint density at radius 3 is 2.42 bits per heavy atom. The Labute approximate surface area is 184 Å². The number of carbonyl (C=O) groups excluding carboxylic acids is 1. The van der Waals surface area contributed by atoms with Crippen LogP contribution in [0.25, 0.3) is 0 Å². The molecule has 0 aliphatic rings. The number of hydrogen-bond acceptors (Lipinski definition) is 3. The van der Waals surface area contributed by atoms with Crippen LogP contribution in [0.2, 0.25) is 0 Å². The highest BCUT2D eigenvalue weighted by molar-refractivity contribution is 5.91. The van der Waals surface area contributed by atoms with Gasteiger partial charge in [-0.25, -0.2) is 4.39 Å². The van der Waals surface area contributed by atoms with Crippen molar-refractivity contribution in [2.45, 2.75) is 58.8 Å². The molecule has 0 spiro atoms. The van der Waals surface area contributed by atoms with Gasteiger partial charge in [0.25, 0.3) is 5.91 Å². The van der Waals surface area contributed by atoms with E-state index in [0.29, 0.717) is 24.6 Å². The van der Waals surface area contributed by atoms with Gasteiger partial charge in [0.15, 0.2) is 5.76 Å². The topological polar surface area (TPSA) is 45.5 Å². The summed E-state index contributed by atoms with van der Waals surface area (Å²) >= 11 is 0. The third kappa shape index (κ3) is 7.07. The first-order chi connectivity index (χ1) is 14.9. The van der Waals surface area contributed by atoms with Gasteiger partial charge in [0, 0.05) is 18.6 Å². The quantitative estimate of drug-likeness (QED) is 0.464. The molecule has 3 aromatic rings. The zero-order valence-corrected chi connectivity index (χ0v) is 18.5. The van der Waals surface area contributed by atoms with Crippen LogP contribution in [0.15, 0.2) is 71.1 Å². The van der Waals surface area contributed by atoms with Crippen LogP contribution in [0.4, 0.5) is 4.39 Å². The Morgan fingerprint density at radius 1 is 0.968 bits per heavy atom. The van der Waals surface area contributed by atoms with Crippen LogP contribution in [0, 0.1) is 5.82 Å². The van der Waals surface area contributed by atoms with E-state index >= 15 is 0 Å². The summed E-state index contributed by atoms with van der Waals surface area (Å²) in [4.78, 5) is 14.7. The van der Waals surface area contributed by atoms with E-state index in [-0.39, 0.29) is 23.8 Å². The molecule has 0 saturated heterocycles. The third-order valence-corrected chi connectivity index (χ3v) is 5.34. The Morgan fingerprint density at radius 2 is 1.71 bits per heavy atom. The molecule has 0 bridgehead atoms. The highest BCUT2D eigenvalue weighted by Crippen LogP contribution is 2.17. The molecular formula is C26H31FN2O2. The van der Waals surface area contributed by atoms with Gasteiger partial charge in [-0.2, -0.15) is 0 Å². The number of rotatable bonds is 10. The normalized spacial score (nSPS) is 12.3. The van der Waals surface area contributed by atoms with E-state index in [1.807, 2.05) is 37.3 Å². The number of carbonyl (C=O) groups is 1. The van der Waals surface area contributed by atoms with Crippen molar-refractivity contribution in [3.63, 3.8) is 0 Å². The Kier molecular flexibility index (Phi) is 8.01. The lowest BCUT2D eigenvalue weighted by molar-refractivity contribution is 0.0905. The van der Waals surface area contributed by atoms with Crippen molar-refractivity contribution < 1.29 is 13.6 Å². The molecule has 0 unspecified atom stereocenters. The van der Waals surface area contributed by atoms with Crippen molar-refractivity contribution in [3.05, 3.63) is 95.2 Å². The number of benzene rings is 2. The van der Waals surface area contributed by atoms with Crippen molar-refractivity contribution in [2.24, 2.45) is 0 Å². The largest absolute Gasteiger partial charge is 0.455 e. The lowest BCUT2D eigenvalue weighted by atomic mass is 10.1. The highest BCUT2D eigenvalue weighted by Gasteiger charge is 2.17. The number of nitrogens with zero attached hydrogens (tertiary/aromatic N) is 1. The van der Waals surface area contributed by atoms with E-state index in [4.69, 9.17) is 4.42 Å². The molecule has 0 saturated carbocycles. The summed E-state index contributed by atoms with van der Waals surface area (Å²) in [5.74, 6) is 0.593. The molecule has 164 valence electrons. The van der Waals surface area contributed by atoms with Gasteiger partial charge in [-0.15, -0.1) is 0 Å².